The van der Waals surface area contributed by atoms with Crippen molar-refractivity contribution in [3.63, 3.8) is 0 Å². The summed E-state index contributed by atoms with van der Waals surface area (Å²) in [7, 11) is 0. The standard InChI is InChI=1S/C12H25NO2/c1-4-11(2,14)10-13-8-5-6-12(3,15)7-9-13/h14-15H,4-10H2,1-3H3. The summed E-state index contributed by atoms with van der Waals surface area (Å²) >= 11 is 0. The Kier molecular flexibility index (Phi) is 4.15. The minimum absolute atomic E-state index is 0.507. The van der Waals surface area contributed by atoms with Gasteiger partial charge in [0.2, 0.25) is 0 Å². The van der Waals surface area contributed by atoms with E-state index in [-0.39, 0.29) is 0 Å². The lowest BCUT2D eigenvalue weighted by Gasteiger charge is -2.30. The molecule has 3 heteroatoms. The van der Waals surface area contributed by atoms with Gasteiger partial charge in [0.05, 0.1) is 11.2 Å². The van der Waals surface area contributed by atoms with Crippen molar-refractivity contribution in [1.29, 1.82) is 0 Å². The highest BCUT2D eigenvalue weighted by atomic mass is 16.3. The first-order chi connectivity index (χ1) is 6.85. The van der Waals surface area contributed by atoms with Gasteiger partial charge in [0, 0.05) is 13.1 Å². The minimum atomic E-state index is -0.587. The van der Waals surface area contributed by atoms with Crippen LogP contribution in [0.2, 0.25) is 0 Å². The van der Waals surface area contributed by atoms with Crippen molar-refractivity contribution >= 4 is 0 Å². The highest BCUT2D eigenvalue weighted by Gasteiger charge is 2.28. The zero-order valence-electron chi connectivity index (χ0n) is 10.3. The number of hydrogen-bond donors (Lipinski definition) is 2. The van der Waals surface area contributed by atoms with Crippen LogP contribution in [0.25, 0.3) is 0 Å². The first-order valence-electron chi connectivity index (χ1n) is 6.02. The summed E-state index contributed by atoms with van der Waals surface area (Å²) in [5.74, 6) is 0. The van der Waals surface area contributed by atoms with Crippen molar-refractivity contribution in [2.75, 3.05) is 19.6 Å². The molecule has 3 nitrogen and oxygen atoms in total. The van der Waals surface area contributed by atoms with E-state index >= 15 is 0 Å². The van der Waals surface area contributed by atoms with Gasteiger partial charge in [0.15, 0.2) is 0 Å². The number of β-amino-alcohol motifs (C(OH)–C–C–N with tert-alkyl or cyclic N) is 1. The molecular weight excluding hydrogens is 190 g/mol. The smallest absolute Gasteiger partial charge is 0.0743 e. The molecule has 2 atom stereocenters. The lowest BCUT2D eigenvalue weighted by molar-refractivity contribution is 0.0111. The molecule has 0 spiro atoms. The summed E-state index contributed by atoms with van der Waals surface area (Å²) in [5.41, 5.74) is -1.09. The molecule has 0 saturated carbocycles. The third-order valence-corrected chi connectivity index (χ3v) is 3.48. The summed E-state index contributed by atoms with van der Waals surface area (Å²) in [6, 6.07) is 0. The molecule has 15 heavy (non-hydrogen) atoms. The summed E-state index contributed by atoms with van der Waals surface area (Å²) < 4.78 is 0. The fourth-order valence-electron chi connectivity index (χ4n) is 2.07. The Labute approximate surface area is 93.1 Å². The predicted molar refractivity (Wildman–Crippen MR) is 61.8 cm³/mol. The maximum absolute atomic E-state index is 9.99. The van der Waals surface area contributed by atoms with Gasteiger partial charge in [0.25, 0.3) is 0 Å². The van der Waals surface area contributed by atoms with E-state index in [1.165, 1.54) is 0 Å². The monoisotopic (exact) mass is 215 g/mol. The average molecular weight is 215 g/mol. The van der Waals surface area contributed by atoms with E-state index in [0.717, 1.165) is 45.3 Å². The van der Waals surface area contributed by atoms with Crippen LogP contribution in [0, 0.1) is 0 Å². The van der Waals surface area contributed by atoms with E-state index in [1.54, 1.807) is 0 Å². The number of nitrogens with zero attached hydrogens (tertiary/aromatic N) is 1. The Morgan fingerprint density at radius 1 is 1.33 bits per heavy atom. The highest BCUT2D eigenvalue weighted by Crippen LogP contribution is 2.22. The zero-order valence-corrected chi connectivity index (χ0v) is 10.3. The quantitative estimate of drug-likeness (QED) is 0.747. The molecular formula is C12H25NO2. The summed E-state index contributed by atoms with van der Waals surface area (Å²) in [6.45, 7) is 8.41. The molecule has 1 saturated heterocycles. The SMILES string of the molecule is CCC(C)(O)CN1CCCC(C)(O)CC1. The van der Waals surface area contributed by atoms with Gasteiger partial charge in [-0.15, -0.1) is 0 Å². The van der Waals surface area contributed by atoms with Gasteiger partial charge in [0.1, 0.15) is 0 Å². The molecule has 0 aliphatic carbocycles. The lowest BCUT2D eigenvalue weighted by Crippen LogP contribution is -2.41. The molecule has 0 aromatic carbocycles. The Bertz CT molecular complexity index is 202. The Hall–Kier alpha value is -0.120. The molecule has 0 aromatic rings. The Morgan fingerprint density at radius 2 is 2.00 bits per heavy atom. The molecule has 2 N–H and O–H groups in total. The number of likely N-dealkylation sites (tertiary alicyclic amines) is 1. The number of aliphatic hydroxyl groups is 2. The fourth-order valence-corrected chi connectivity index (χ4v) is 2.07. The van der Waals surface area contributed by atoms with Crippen LogP contribution in [0.15, 0.2) is 0 Å². The van der Waals surface area contributed by atoms with E-state index < -0.39 is 11.2 Å². The molecule has 1 fully saturated rings. The second-order valence-electron chi connectivity index (χ2n) is 5.48. The van der Waals surface area contributed by atoms with E-state index in [4.69, 9.17) is 0 Å². The minimum Gasteiger partial charge on any atom is -0.390 e. The summed E-state index contributed by atoms with van der Waals surface area (Å²) in [4.78, 5) is 2.27. The normalized spacial score (nSPS) is 33.4. The molecule has 1 rings (SSSR count). The zero-order chi connectivity index (χ0) is 11.5. The molecule has 2 unspecified atom stereocenters. The molecule has 1 heterocycles. The van der Waals surface area contributed by atoms with Gasteiger partial charge in [-0.05, 0) is 46.1 Å². The van der Waals surface area contributed by atoms with Crippen LogP contribution in [0.1, 0.15) is 46.5 Å². The summed E-state index contributed by atoms with van der Waals surface area (Å²) in [6.07, 6.45) is 3.48. The van der Waals surface area contributed by atoms with Crippen LogP contribution in [0.3, 0.4) is 0 Å². The Morgan fingerprint density at radius 3 is 2.60 bits per heavy atom. The molecule has 0 bridgehead atoms. The third kappa shape index (κ3) is 4.49. The molecule has 1 aliphatic heterocycles. The molecule has 90 valence electrons. The highest BCUT2D eigenvalue weighted by molar-refractivity contribution is 4.82. The third-order valence-electron chi connectivity index (χ3n) is 3.48. The van der Waals surface area contributed by atoms with Gasteiger partial charge in [-0.25, -0.2) is 0 Å². The number of hydrogen-bond acceptors (Lipinski definition) is 3. The van der Waals surface area contributed by atoms with E-state index in [2.05, 4.69) is 4.90 Å². The van der Waals surface area contributed by atoms with Crippen LogP contribution in [0.5, 0.6) is 0 Å². The average Bonchev–Trinajstić information content (AvgIpc) is 2.28. The lowest BCUT2D eigenvalue weighted by atomic mass is 9.98. The number of rotatable bonds is 3. The van der Waals surface area contributed by atoms with Gasteiger partial charge in [-0.3, -0.25) is 0 Å². The van der Waals surface area contributed by atoms with E-state index in [0.29, 0.717) is 0 Å². The molecule has 0 aromatic heterocycles. The second-order valence-corrected chi connectivity index (χ2v) is 5.48. The van der Waals surface area contributed by atoms with Gasteiger partial charge < -0.3 is 15.1 Å². The van der Waals surface area contributed by atoms with E-state index in [1.807, 2.05) is 20.8 Å². The fraction of sp³-hybridized carbons (Fsp3) is 1.00. The van der Waals surface area contributed by atoms with E-state index in [9.17, 15) is 10.2 Å². The van der Waals surface area contributed by atoms with Crippen LogP contribution in [-0.2, 0) is 0 Å². The topological polar surface area (TPSA) is 43.7 Å². The van der Waals surface area contributed by atoms with Crippen LogP contribution in [-0.4, -0.2) is 45.9 Å². The maximum atomic E-state index is 9.99. The largest absolute Gasteiger partial charge is 0.390 e. The van der Waals surface area contributed by atoms with Crippen molar-refractivity contribution in [2.24, 2.45) is 0 Å². The second kappa shape index (κ2) is 4.81. The van der Waals surface area contributed by atoms with Crippen LogP contribution >= 0.6 is 0 Å². The van der Waals surface area contributed by atoms with Gasteiger partial charge in [-0.2, -0.15) is 0 Å². The first-order valence-corrected chi connectivity index (χ1v) is 6.02. The molecule has 0 radical (unpaired) electrons. The van der Waals surface area contributed by atoms with Crippen molar-refractivity contribution in [3.05, 3.63) is 0 Å². The molecule has 0 amide bonds. The van der Waals surface area contributed by atoms with Crippen molar-refractivity contribution in [2.45, 2.75) is 57.7 Å². The van der Waals surface area contributed by atoms with Crippen LogP contribution < -0.4 is 0 Å². The van der Waals surface area contributed by atoms with Crippen molar-refractivity contribution < 1.29 is 10.2 Å². The van der Waals surface area contributed by atoms with Crippen LogP contribution in [0.4, 0.5) is 0 Å². The van der Waals surface area contributed by atoms with Crippen molar-refractivity contribution in [3.8, 4) is 0 Å². The Balaban J connectivity index is 2.45. The predicted octanol–water partition coefficient (Wildman–Crippen LogP) is 1.38. The van der Waals surface area contributed by atoms with Gasteiger partial charge in [-0.1, -0.05) is 6.92 Å². The first kappa shape index (κ1) is 12.9. The van der Waals surface area contributed by atoms with Crippen molar-refractivity contribution in [1.82, 2.24) is 4.90 Å². The molecule has 1 aliphatic rings. The summed E-state index contributed by atoms with van der Waals surface area (Å²) in [5, 5.41) is 19.9. The van der Waals surface area contributed by atoms with Gasteiger partial charge >= 0.3 is 0 Å². The maximum Gasteiger partial charge on any atom is 0.0743 e.